The first-order chi connectivity index (χ1) is 8.24. The van der Waals surface area contributed by atoms with Gasteiger partial charge in [0.05, 0.1) is 11.9 Å². The molecule has 0 unspecified atom stereocenters. The van der Waals surface area contributed by atoms with E-state index < -0.39 is 0 Å². The van der Waals surface area contributed by atoms with Crippen LogP contribution in [0, 0.1) is 13.8 Å². The molecule has 0 saturated carbocycles. The van der Waals surface area contributed by atoms with Crippen molar-refractivity contribution in [2.45, 2.75) is 13.8 Å². The Labute approximate surface area is 99.7 Å². The third-order valence-corrected chi connectivity index (χ3v) is 2.85. The number of aryl methyl sites for hydroxylation is 2. The number of rotatable bonds is 1. The van der Waals surface area contributed by atoms with E-state index in [-0.39, 0.29) is 0 Å². The zero-order chi connectivity index (χ0) is 11.8. The van der Waals surface area contributed by atoms with Gasteiger partial charge < -0.3 is 0 Å². The molecule has 0 N–H and O–H groups in total. The third-order valence-electron chi connectivity index (χ3n) is 2.85. The summed E-state index contributed by atoms with van der Waals surface area (Å²) in [5.74, 6) is 0. The second-order valence-electron chi connectivity index (χ2n) is 4.25. The molecule has 0 atom stereocenters. The maximum atomic E-state index is 4.61. The van der Waals surface area contributed by atoms with Crippen molar-refractivity contribution in [1.82, 2.24) is 14.6 Å². The van der Waals surface area contributed by atoms with Crippen LogP contribution in [0.5, 0.6) is 0 Å². The molecule has 0 spiro atoms. The van der Waals surface area contributed by atoms with Gasteiger partial charge in [-0.15, -0.1) is 0 Å². The molecule has 1 aromatic carbocycles. The molecule has 0 radical (unpaired) electrons. The molecule has 0 saturated heterocycles. The Balaban J connectivity index is 2.23. The minimum atomic E-state index is 0.890. The topological polar surface area (TPSA) is 30.2 Å². The first kappa shape index (κ1) is 10.0. The Morgan fingerprint density at radius 1 is 1.06 bits per heavy atom. The lowest BCUT2D eigenvalue weighted by atomic mass is 10.1. The molecule has 3 nitrogen and oxygen atoms in total. The van der Waals surface area contributed by atoms with E-state index in [2.05, 4.69) is 47.3 Å². The average Bonchev–Trinajstić information content (AvgIpc) is 2.77. The number of hydrogen-bond acceptors (Lipinski definition) is 2. The highest BCUT2D eigenvalue weighted by Crippen LogP contribution is 2.20. The highest BCUT2D eigenvalue weighted by molar-refractivity contribution is 5.63. The predicted molar refractivity (Wildman–Crippen MR) is 67.9 cm³/mol. The fourth-order valence-corrected chi connectivity index (χ4v) is 2.02. The average molecular weight is 223 g/mol. The van der Waals surface area contributed by atoms with Crippen molar-refractivity contribution >= 4 is 5.65 Å². The van der Waals surface area contributed by atoms with Crippen LogP contribution in [0.3, 0.4) is 0 Å². The number of fused-ring (bicyclic) bond motifs is 1. The fourth-order valence-electron chi connectivity index (χ4n) is 2.02. The first-order valence-electron chi connectivity index (χ1n) is 5.62. The van der Waals surface area contributed by atoms with Crippen molar-refractivity contribution in [3.05, 3.63) is 53.9 Å². The summed E-state index contributed by atoms with van der Waals surface area (Å²) in [5.41, 5.74) is 5.38. The quantitative estimate of drug-likeness (QED) is 0.634. The maximum Gasteiger partial charge on any atom is 0.155 e. The van der Waals surface area contributed by atoms with Crippen molar-refractivity contribution in [2.24, 2.45) is 0 Å². The van der Waals surface area contributed by atoms with Crippen molar-refractivity contribution in [1.29, 1.82) is 0 Å². The van der Waals surface area contributed by atoms with Gasteiger partial charge in [-0.3, -0.25) is 0 Å². The van der Waals surface area contributed by atoms with Crippen LogP contribution in [0.4, 0.5) is 0 Å². The van der Waals surface area contributed by atoms with Crippen LogP contribution in [-0.2, 0) is 0 Å². The molecule has 0 fully saturated rings. The standard InChI is InChI=1S/C14H13N3/c1-10-4-3-5-12(8-10)13-9-11(2)17-14(16-13)6-7-15-17/h3-9H,1-2H3. The molecule has 17 heavy (non-hydrogen) atoms. The molecule has 2 aromatic heterocycles. The zero-order valence-electron chi connectivity index (χ0n) is 9.88. The van der Waals surface area contributed by atoms with Crippen LogP contribution in [0.15, 0.2) is 42.6 Å². The van der Waals surface area contributed by atoms with Gasteiger partial charge in [-0.1, -0.05) is 23.8 Å². The van der Waals surface area contributed by atoms with E-state index in [1.165, 1.54) is 5.56 Å². The summed E-state index contributed by atoms with van der Waals surface area (Å²) in [7, 11) is 0. The predicted octanol–water partition coefficient (Wildman–Crippen LogP) is 3.01. The molecule has 0 amide bonds. The third kappa shape index (κ3) is 1.69. The lowest BCUT2D eigenvalue weighted by Crippen LogP contribution is -1.97. The molecular weight excluding hydrogens is 210 g/mol. The normalized spacial score (nSPS) is 10.9. The summed E-state index contributed by atoms with van der Waals surface area (Å²) in [6.07, 6.45) is 1.77. The largest absolute Gasteiger partial charge is 0.229 e. The molecule has 84 valence electrons. The Morgan fingerprint density at radius 2 is 1.94 bits per heavy atom. The fraction of sp³-hybridized carbons (Fsp3) is 0.143. The van der Waals surface area contributed by atoms with Crippen molar-refractivity contribution in [2.75, 3.05) is 0 Å². The molecule has 3 rings (SSSR count). The summed E-state index contributed by atoms with van der Waals surface area (Å²) in [6.45, 7) is 4.13. The number of nitrogens with zero attached hydrogens (tertiary/aromatic N) is 3. The van der Waals surface area contributed by atoms with Gasteiger partial charge in [-0.2, -0.15) is 5.10 Å². The molecule has 3 heteroatoms. The van der Waals surface area contributed by atoms with Crippen LogP contribution < -0.4 is 0 Å². The van der Waals surface area contributed by atoms with Gasteiger partial charge in [-0.25, -0.2) is 9.50 Å². The molecule has 0 aliphatic rings. The van der Waals surface area contributed by atoms with Gasteiger partial charge in [0.1, 0.15) is 0 Å². The minimum absolute atomic E-state index is 0.890. The Bertz CT molecular complexity index is 683. The van der Waals surface area contributed by atoms with E-state index in [0.717, 1.165) is 22.6 Å². The first-order valence-corrected chi connectivity index (χ1v) is 5.62. The Morgan fingerprint density at radius 3 is 2.76 bits per heavy atom. The highest BCUT2D eigenvalue weighted by atomic mass is 15.2. The summed E-state index contributed by atoms with van der Waals surface area (Å²) >= 11 is 0. The van der Waals surface area contributed by atoms with E-state index in [1.807, 2.05) is 17.5 Å². The van der Waals surface area contributed by atoms with Crippen LogP contribution >= 0.6 is 0 Å². The van der Waals surface area contributed by atoms with Gasteiger partial charge in [0.25, 0.3) is 0 Å². The van der Waals surface area contributed by atoms with E-state index in [9.17, 15) is 0 Å². The van der Waals surface area contributed by atoms with E-state index >= 15 is 0 Å². The maximum absolute atomic E-state index is 4.61. The van der Waals surface area contributed by atoms with Crippen molar-refractivity contribution in [3.63, 3.8) is 0 Å². The van der Waals surface area contributed by atoms with Gasteiger partial charge in [0, 0.05) is 17.3 Å². The number of aromatic nitrogens is 3. The van der Waals surface area contributed by atoms with Crippen molar-refractivity contribution in [3.8, 4) is 11.3 Å². The molecular formula is C14H13N3. The van der Waals surface area contributed by atoms with Crippen LogP contribution in [0.2, 0.25) is 0 Å². The van der Waals surface area contributed by atoms with Crippen LogP contribution in [0.1, 0.15) is 11.3 Å². The summed E-state index contributed by atoms with van der Waals surface area (Å²) < 4.78 is 1.85. The highest BCUT2D eigenvalue weighted by Gasteiger charge is 2.05. The summed E-state index contributed by atoms with van der Waals surface area (Å²) in [5, 5.41) is 4.22. The van der Waals surface area contributed by atoms with Gasteiger partial charge in [0.2, 0.25) is 0 Å². The second kappa shape index (κ2) is 3.70. The van der Waals surface area contributed by atoms with Gasteiger partial charge in [0.15, 0.2) is 5.65 Å². The summed E-state index contributed by atoms with van der Waals surface area (Å²) in [6, 6.07) is 12.4. The smallest absolute Gasteiger partial charge is 0.155 e. The van der Waals surface area contributed by atoms with Crippen molar-refractivity contribution < 1.29 is 0 Å². The SMILES string of the molecule is Cc1cccc(-c2cc(C)n3nccc3n2)c1. The van der Waals surface area contributed by atoms with Crippen LogP contribution in [-0.4, -0.2) is 14.6 Å². The second-order valence-corrected chi connectivity index (χ2v) is 4.25. The molecule has 0 aliphatic carbocycles. The Kier molecular flexibility index (Phi) is 2.18. The van der Waals surface area contributed by atoms with Gasteiger partial charge in [-0.05, 0) is 26.0 Å². The Hall–Kier alpha value is -2.16. The minimum Gasteiger partial charge on any atom is -0.229 e. The van der Waals surface area contributed by atoms with Crippen LogP contribution in [0.25, 0.3) is 16.9 Å². The number of benzene rings is 1. The molecule has 0 aliphatic heterocycles. The zero-order valence-corrected chi connectivity index (χ0v) is 9.88. The molecule has 0 bridgehead atoms. The lowest BCUT2D eigenvalue weighted by Gasteiger charge is -2.05. The van der Waals surface area contributed by atoms with E-state index in [0.29, 0.717) is 0 Å². The lowest BCUT2D eigenvalue weighted by molar-refractivity contribution is 0.896. The number of hydrogen-bond donors (Lipinski definition) is 0. The van der Waals surface area contributed by atoms with E-state index in [1.54, 1.807) is 6.20 Å². The molecule has 2 heterocycles. The van der Waals surface area contributed by atoms with Gasteiger partial charge >= 0.3 is 0 Å². The summed E-state index contributed by atoms with van der Waals surface area (Å²) in [4.78, 5) is 4.61. The molecule has 3 aromatic rings. The monoisotopic (exact) mass is 223 g/mol. The van der Waals surface area contributed by atoms with E-state index in [4.69, 9.17) is 0 Å².